The molecule has 0 radical (unpaired) electrons. The number of hydroxylamine groups is 1. The minimum Gasteiger partial charge on any atom is -0.494 e. The maximum absolute atomic E-state index is 13.8. The number of sulfonamides is 1. The highest BCUT2D eigenvalue weighted by Gasteiger charge is 2.32. The van der Waals surface area contributed by atoms with Crippen molar-refractivity contribution in [3.63, 3.8) is 0 Å². The second-order valence-electron chi connectivity index (χ2n) is 3.74. The lowest BCUT2D eigenvalue weighted by atomic mass is 10.3. The summed E-state index contributed by atoms with van der Waals surface area (Å²) in [7, 11) is -2.69. The quantitative estimate of drug-likeness (QED) is 0.823. The maximum Gasteiger partial charge on any atom is 0.268 e. The average Bonchev–Trinajstić information content (AvgIpc) is 2.85. The van der Waals surface area contributed by atoms with Gasteiger partial charge in [-0.15, -0.1) is 0 Å². The number of nitrogens with two attached hydrogens (primary N) is 1. The Morgan fingerprint density at radius 3 is 2.78 bits per heavy atom. The van der Waals surface area contributed by atoms with Gasteiger partial charge in [-0.05, 0) is 12.5 Å². The molecule has 1 saturated heterocycles. The van der Waals surface area contributed by atoms with Crippen molar-refractivity contribution in [2.45, 2.75) is 11.3 Å². The highest BCUT2D eigenvalue weighted by Crippen LogP contribution is 2.30. The predicted molar refractivity (Wildman–Crippen MR) is 61.8 cm³/mol. The van der Waals surface area contributed by atoms with E-state index >= 15 is 0 Å². The van der Waals surface area contributed by atoms with Gasteiger partial charge in [-0.25, -0.2) is 12.8 Å². The summed E-state index contributed by atoms with van der Waals surface area (Å²) in [4.78, 5) is 4.42. The highest BCUT2D eigenvalue weighted by atomic mass is 32.2. The Hall–Kier alpha value is -1.38. The molecule has 0 spiro atoms. The van der Waals surface area contributed by atoms with Crippen molar-refractivity contribution in [2.24, 2.45) is 0 Å². The Kier molecular flexibility index (Phi) is 3.42. The van der Waals surface area contributed by atoms with Crippen molar-refractivity contribution in [3.05, 3.63) is 17.9 Å². The van der Waals surface area contributed by atoms with E-state index in [0.29, 0.717) is 13.0 Å². The molecule has 0 atom stereocenters. The molecule has 0 aromatic heterocycles. The number of rotatable bonds is 3. The summed E-state index contributed by atoms with van der Waals surface area (Å²) >= 11 is 0. The van der Waals surface area contributed by atoms with Crippen LogP contribution < -0.4 is 10.5 Å². The number of methoxy groups -OCH3 is 1. The largest absolute Gasteiger partial charge is 0.494 e. The van der Waals surface area contributed by atoms with Gasteiger partial charge in [0.25, 0.3) is 10.0 Å². The van der Waals surface area contributed by atoms with Crippen molar-refractivity contribution >= 4 is 15.7 Å². The average molecular weight is 276 g/mol. The molecule has 0 amide bonds. The molecule has 0 bridgehead atoms. The maximum atomic E-state index is 13.8. The lowest BCUT2D eigenvalue weighted by Crippen LogP contribution is -2.27. The van der Waals surface area contributed by atoms with Gasteiger partial charge in [0.1, 0.15) is 16.5 Å². The Morgan fingerprint density at radius 2 is 2.22 bits per heavy atom. The number of benzene rings is 1. The monoisotopic (exact) mass is 276 g/mol. The summed E-state index contributed by atoms with van der Waals surface area (Å²) in [6, 6.07) is 1.98. The molecule has 1 aromatic carbocycles. The van der Waals surface area contributed by atoms with Gasteiger partial charge in [0.05, 0.1) is 19.4 Å². The molecule has 1 aromatic rings. The number of nitrogen functional groups attached to an aromatic ring is 1. The Balaban J connectivity index is 2.47. The smallest absolute Gasteiger partial charge is 0.268 e. The number of hydrogen-bond acceptors (Lipinski definition) is 5. The van der Waals surface area contributed by atoms with Crippen molar-refractivity contribution in [1.29, 1.82) is 0 Å². The molecule has 100 valence electrons. The van der Waals surface area contributed by atoms with E-state index in [0.717, 1.165) is 16.6 Å². The summed E-state index contributed by atoms with van der Waals surface area (Å²) in [6.07, 6.45) is 0.576. The molecular formula is C10H13FN2O4S. The van der Waals surface area contributed by atoms with Gasteiger partial charge in [0.15, 0.2) is 0 Å². The van der Waals surface area contributed by atoms with Gasteiger partial charge in [-0.2, -0.15) is 0 Å². The topological polar surface area (TPSA) is 81.9 Å². The zero-order valence-corrected chi connectivity index (χ0v) is 10.5. The van der Waals surface area contributed by atoms with Crippen molar-refractivity contribution in [3.8, 4) is 5.75 Å². The van der Waals surface area contributed by atoms with E-state index in [1.807, 2.05) is 0 Å². The molecule has 0 saturated carbocycles. The zero-order valence-electron chi connectivity index (χ0n) is 9.72. The predicted octanol–water partition coefficient (Wildman–Crippen LogP) is 0.742. The minimum absolute atomic E-state index is 0.0525. The fraction of sp³-hybridized carbons (Fsp3) is 0.400. The van der Waals surface area contributed by atoms with E-state index in [-0.39, 0.29) is 18.0 Å². The zero-order chi connectivity index (χ0) is 13.3. The van der Waals surface area contributed by atoms with Crippen LogP contribution in [0.2, 0.25) is 0 Å². The van der Waals surface area contributed by atoms with E-state index in [1.54, 1.807) is 0 Å². The van der Waals surface area contributed by atoms with Crippen LogP contribution in [0.5, 0.6) is 5.75 Å². The van der Waals surface area contributed by atoms with Gasteiger partial charge in [-0.1, -0.05) is 4.47 Å². The van der Waals surface area contributed by atoms with Gasteiger partial charge in [-0.3, -0.25) is 4.84 Å². The van der Waals surface area contributed by atoms with E-state index in [4.69, 9.17) is 15.3 Å². The highest BCUT2D eigenvalue weighted by molar-refractivity contribution is 7.89. The number of ether oxygens (including phenoxy) is 1. The molecule has 1 aliphatic rings. The molecule has 1 heterocycles. The summed E-state index contributed by atoms with van der Waals surface area (Å²) in [6.45, 7) is 0.500. The number of halogens is 1. The molecular weight excluding hydrogens is 263 g/mol. The Bertz CT molecular complexity index is 555. The first-order valence-corrected chi connectivity index (χ1v) is 6.69. The molecule has 18 heavy (non-hydrogen) atoms. The Labute approximate surface area is 104 Å². The summed E-state index contributed by atoms with van der Waals surface area (Å²) in [5.41, 5.74) is 5.63. The fourth-order valence-electron chi connectivity index (χ4n) is 1.65. The van der Waals surface area contributed by atoms with Crippen LogP contribution in [0.3, 0.4) is 0 Å². The van der Waals surface area contributed by atoms with Crippen LogP contribution in [0, 0.1) is 5.82 Å². The number of anilines is 1. The second-order valence-corrected chi connectivity index (χ2v) is 5.54. The summed E-state index contributed by atoms with van der Waals surface area (Å²) < 4.78 is 43.5. The van der Waals surface area contributed by atoms with Gasteiger partial charge < -0.3 is 10.5 Å². The normalized spacial score (nSPS) is 17.0. The molecule has 8 heteroatoms. The number of hydrogen-bond donors (Lipinski definition) is 1. The standard InChI is InChI=1S/C10H13FN2O4S/c1-16-9-5-7(11)10(6-8(9)12)18(14,15)13-3-2-4-17-13/h5-6H,2-4,12H2,1H3. The van der Waals surface area contributed by atoms with Crippen molar-refractivity contribution in [1.82, 2.24) is 4.47 Å². The lowest BCUT2D eigenvalue weighted by molar-refractivity contribution is -0.0286. The van der Waals surface area contributed by atoms with Crippen molar-refractivity contribution < 1.29 is 22.4 Å². The third-order valence-corrected chi connectivity index (χ3v) is 4.24. The first-order valence-electron chi connectivity index (χ1n) is 5.25. The van der Waals surface area contributed by atoms with Crippen LogP contribution in [-0.4, -0.2) is 33.1 Å². The molecule has 2 rings (SSSR count). The first-order chi connectivity index (χ1) is 8.46. The molecule has 1 aliphatic heterocycles. The molecule has 2 N–H and O–H groups in total. The first kappa shape index (κ1) is 13.1. The lowest BCUT2D eigenvalue weighted by Gasteiger charge is -2.16. The third-order valence-electron chi connectivity index (χ3n) is 2.55. The van der Waals surface area contributed by atoms with Crippen LogP contribution >= 0.6 is 0 Å². The van der Waals surface area contributed by atoms with Gasteiger partial charge in [0.2, 0.25) is 0 Å². The van der Waals surface area contributed by atoms with Gasteiger partial charge in [0, 0.05) is 12.6 Å². The van der Waals surface area contributed by atoms with E-state index in [1.165, 1.54) is 7.11 Å². The van der Waals surface area contributed by atoms with Crippen molar-refractivity contribution in [2.75, 3.05) is 26.0 Å². The molecule has 0 unspecified atom stereocenters. The molecule has 0 aliphatic carbocycles. The van der Waals surface area contributed by atoms with Crippen LogP contribution in [-0.2, 0) is 14.9 Å². The molecule has 6 nitrogen and oxygen atoms in total. The minimum atomic E-state index is -4.02. The van der Waals surface area contributed by atoms with E-state index < -0.39 is 20.7 Å². The number of nitrogens with zero attached hydrogens (tertiary/aromatic N) is 1. The van der Waals surface area contributed by atoms with Crippen LogP contribution in [0.15, 0.2) is 17.0 Å². The van der Waals surface area contributed by atoms with Gasteiger partial charge >= 0.3 is 0 Å². The van der Waals surface area contributed by atoms with Crippen LogP contribution in [0.4, 0.5) is 10.1 Å². The summed E-state index contributed by atoms with van der Waals surface area (Å²) in [5, 5.41) is 0. The fourth-order valence-corrected chi connectivity index (χ4v) is 3.03. The molecule has 1 fully saturated rings. The SMILES string of the molecule is COc1cc(F)c(S(=O)(=O)N2CCCO2)cc1N. The van der Waals surface area contributed by atoms with Crippen LogP contribution in [0.1, 0.15) is 6.42 Å². The van der Waals surface area contributed by atoms with E-state index in [9.17, 15) is 12.8 Å². The van der Waals surface area contributed by atoms with E-state index in [2.05, 4.69) is 0 Å². The van der Waals surface area contributed by atoms with Crippen LogP contribution in [0.25, 0.3) is 0 Å². The third kappa shape index (κ3) is 2.14. The summed E-state index contributed by atoms with van der Waals surface area (Å²) in [5.74, 6) is -0.828. The second kappa shape index (κ2) is 4.71. The Morgan fingerprint density at radius 1 is 1.50 bits per heavy atom.